The molecule has 2 rings (SSSR count). The average Bonchev–Trinajstić information content (AvgIpc) is 3.08. The number of methoxy groups -OCH3 is 1. The van der Waals surface area contributed by atoms with Crippen LogP contribution in [0.25, 0.3) is 0 Å². The van der Waals surface area contributed by atoms with Crippen molar-refractivity contribution in [2.75, 3.05) is 25.6 Å². The van der Waals surface area contributed by atoms with Gasteiger partial charge in [0.25, 0.3) is 0 Å². The van der Waals surface area contributed by atoms with Gasteiger partial charge in [0.05, 0.1) is 18.9 Å². The van der Waals surface area contributed by atoms with Crippen molar-refractivity contribution in [1.29, 1.82) is 0 Å². The van der Waals surface area contributed by atoms with Crippen molar-refractivity contribution in [3.05, 3.63) is 29.8 Å². The summed E-state index contributed by atoms with van der Waals surface area (Å²) in [5, 5.41) is 12.9. The maximum atomic E-state index is 5.22. The molecule has 2 atom stereocenters. The Morgan fingerprint density at radius 3 is 2.77 bits per heavy atom. The molecule has 6 nitrogen and oxygen atoms in total. The van der Waals surface area contributed by atoms with Crippen LogP contribution in [0, 0.1) is 0 Å². The fourth-order valence-corrected chi connectivity index (χ4v) is 3.57. The molecule has 1 aliphatic rings. The first-order valence-corrected chi connectivity index (χ1v) is 9.99. The van der Waals surface area contributed by atoms with Gasteiger partial charge in [0.15, 0.2) is 10.3 Å². The van der Waals surface area contributed by atoms with E-state index in [9.17, 15) is 0 Å². The maximum absolute atomic E-state index is 5.22. The molecule has 0 fully saturated rings. The molecular weight excluding hydrogens is 366 g/mol. The zero-order valence-electron chi connectivity index (χ0n) is 15.7. The first-order valence-electron chi connectivity index (χ1n) is 8.70. The molecule has 0 bridgehead atoms. The lowest BCUT2D eigenvalue weighted by Gasteiger charge is -2.14. The van der Waals surface area contributed by atoms with Crippen LogP contribution in [-0.2, 0) is 4.74 Å². The summed E-state index contributed by atoms with van der Waals surface area (Å²) in [6, 6.07) is 8.26. The second kappa shape index (κ2) is 10.5. The summed E-state index contributed by atoms with van der Waals surface area (Å²) in [5.74, 6) is 0. The minimum absolute atomic E-state index is 0.129. The highest BCUT2D eigenvalue weighted by atomic mass is 32.2. The number of thiocarbonyl (C=S) groups is 1. The summed E-state index contributed by atoms with van der Waals surface area (Å²) >= 11 is 7.03. The monoisotopic (exact) mass is 393 g/mol. The number of anilines is 1. The number of hydrogen-bond acceptors (Lipinski definition) is 6. The molecule has 0 amide bonds. The zero-order valence-corrected chi connectivity index (χ0v) is 17.3. The second-order valence-corrected chi connectivity index (χ2v) is 7.83. The van der Waals surface area contributed by atoms with E-state index in [1.165, 1.54) is 0 Å². The largest absolute Gasteiger partial charge is 0.383 e. The van der Waals surface area contributed by atoms with Crippen molar-refractivity contribution in [2.45, 2.75) is 38.5 Å². The molecule has 142 valence electrons. The Hall–Kier alpha value is -1.64. The number of nitrogens with zero attached hydrogens (tertiary/aromatic N) is 2. The smallest absolute Gasteiger partial charge is 0.187 e. The normalized spacial score (nSPS) is 18.2. The van der Waals surface area contributed by atoms with Gasteiger partial charge >= 0.3 is 0 Å². The number of rotatable bonds is 7. The number of aliphatic imine (C=N–C) groups is 1. The SMILES string of the molecule is CC[C@@H]1CN=C(Nc2ccc(/C(C)=N\NC(=S)N[C@H](C)COC)cc2)S1. The molecule has 0 unspecified atom stereocenters. The second-order valence-electron chi connectivity index (χ2n) is 6.14. The molecule has 1 aromatic carbocycles. The van der Waals surface area contributed by atoms with E-state index in [4.69, 9.17) is 17.0 Å². The summed E-state index contributed by atoms with van der Waals surface area (Å²) < 4.78 is 5.07. The summed E-state index contributed by atoms with van der Waals surface area (Å²) in [7, 11) is 1.66. The molecule has 1 aliphatic heterocycles. The van der Waals surface area contributed by atoms with Crippen molar-refractivity contribution >= 4 is 45.7 Å². The lowest BCUT2D eigenvalue weighted by atomic mass is 10.1. The van der Waals surface area contributed by atoms with Gasteiger partial charge in [0.1, 0.15) is 0 Å². The van der Waals surface area contributed by atoms with E-state index in [0.29, 0.717) is 17.0 Å². The third-order valence-corrected chi connectivity index (χ3v) is 5.32. The van der Waals surface area contributed by atoms with Crippen molar-refractivity contribution < 1.29 is 4.74 Å². The predicted molar refractivity (Wildman–Crippen MR) is 116 cm³/mol. The van der Waals surface area contributed by atoms with Gasteiger partial charge < -0.3 is 15.4 Å². The van der Waals surface area contributed by atoms with Gasteiger partial charge in [-0.3, -0.25) is 10.4 Å². The maximum Gasteiger partial charge on any atom is 0.187 e. The number of hydrogen-bond donors (Lipinski definition) is 3. The number of thioether (sulfide) groups is 1. The molecule has 1 heterocycles. The molecule has 8 heteroatoms. The van der Waals surface area contributed by atoms with Gasteiger partial charge in [-0.15, -0.1) is 0 Å². The van der Waals surface area contributed by atoms with Crippen LogP contribution in [0.2, 0.25) is 0 Å². The number of amidine groups is 1. The van der Waals surface area contributed by atoms with Gasteiger partial charge in [-0.25, -0.2) is 0 Å². The Bertz CT molecular complexity index is 660. The molecule has 0 aliphatic carbocycles. The summed E-state index contributed by atoms with van der Waals surface area (Å²) in [6.07, 6.45) is 1.14. The van der Waals surface area contributed by atoms with Crippen LogP contribution >= 0.6 is 24.0 Å². The van der Waals surface area contributed by atoms with Gasteiger partial charge in [0.2, 0.25) is 0 Å². The molecular formula is C18H27N5OS2. The van der Waals surface area contributed by atoms with Gasteiger partial charge in [-0.2, -0.15) is 5.10 Å². The summed E-state index contributed by atoms with van der Waals surface area (Å²) in [4.78, 5) is 4.53. The van der Waals surface area contributed by atoms with E-state index in [-0.39, 0.29) is 6.04 Å². The minimum Gasteiger partial charge on any atom is -0.383 e. The first kappa shape index (κ1) is 20.7. The van der Waals surface area contributed by atoms with Crippen molar-refractivity contribution in [3.63, 3.8) is 0 Å². The van der Waals surface area contributed by atoms with Crippen LogP contribution < -0.4 is 16.1 Å². The highest BCUT2D eigenvalue weighted by Crippen LogP contribution is 2.24. The van der Waals surface area contributed by atoms with E-state index < -0.39 is 0 Å². The molecule has 3 N–H and O–H groups in total. The molecule has 0 aromatic heterocycles. The van der Waals surface area contributed by atoms with Gasteiger partial charge in [-0.05, 0) is 50.2 Å². The minimum atomic E-state index is 0.129. The molecule has 0 saturated heterocycles. The van der Waals surface area contributed by atoms with Gasteiger partial charge in [0, 0.05) is 24.1 Å². The van der Waals surface area contributed by atoms with Crippen molar-refractivity contribution in [2.24, 2.45) is 10.1 Å². The van der Waals surface area contributed by atoms with E-state index >= 15 is 0 Å². The number of benzene rings is 1. The van der Waals surface area contributed by atoms with E-state index in [2.05, 4.69) is 33.1 Å². The fraction of sp³-hybridized carbons (Fsp3) is 0.500. The molecule has 0 radical (unpaired) electrons. The summed E-state index contributed by atoms with van der Waals surface area (Å²) in [5.41, 5.74) is 5.79. The quantitative estimate of drug-likeness (QED) is 0.375. The predicted octanol–water partition coefficient (Wildman–Crippen LogP) is 3.20. The third kappa shape index (κ3) is 6.59. The highest BCUT2D eigenvalue weighted by molar-refractivity contribution is 8.15. The lowest BCUT2D eigenvalue weighted by Crippen LogP contribution is -2.40. The Balaban J connectivity index is 1.86. The lowest BCUT2D eigenvalue weighted by molar-refractivity contribution is 0.179. The van der Waals surface area contributed by atoms with E-state index in [1.807, 2.05) is 49.9 Å². The van der Waals surface area contributed by atoms with E-state index in [0.717, 1.165) is 35.1 Å². The molecule has 1 aromatic rings. The van der Waals surface area contributed by atoms with Crippen LogP contribution in [0.5, 0.6) is 0 Å². The Morgan fingerprint density at radius 2 is 2.15 bits per heavy atom. The first-order chi connectivity index (χ1) is 12.5. The van der Waals surface area contributed by atoms with Gasteiger partial charge in [-0.1, -0.05) is 30.8 Å². The van der Waals surface area contributed by atoms with Crippen LogP contribution in [-0.4, -0.2) is 47.5 Å². The molecule has 0 saturated carbocycles. The van der Waals surface area contributed by atoms with Crippen LogP contribution in [0.3, 0.4) is 0 Å². The van der Waals surface area contributed by atoms with E-state index in [1.54, 1.807) is 7.11 Å². The van der Waals surface area contributed by atoms with Crippen LogP contribution in [0.4, 0.5) is 5.69 Å². The number of ether oxygens (including phenoxy) is 1. The molecule has 26 heavy (non-hydrogen) atoms. The topological polar surface area (TPSA) is 70.0 Å². The Kier molecular flexibility index (Phi) is 8.34. The fourth-order valence-electron chi connectivity index (χ4n) is 2.36. The van der Waals surface area contributed by atoms with Crippen molar-refractivity contribution in [1.82, 2.24) is 10.7 Å². The standard InChI is InChI=1S/C18H27N5OS2/c1-5-16-10-19-18(26-16)21-15-8-6-14(7-9-15)13(3)22-23-17(25)20-12(2)11-24-4/h6-9,12,16H,5,10-11H2,1-4H3,(H,19,21)(H2,20,23,25)/b22-13-/t12-,16-/m1/s1. The van der Waals surface area contributed by atoms with Crippen molar-refractivity contribution in [3.8, 4) is 0 Å². The third-order valence-electron chi connectivity index (χ3n) is 3.85. The average molecular weight is 394 g/mol. The van der Waals surface area contributed by atoms with Crippen LogP contribution in [0.1, 0.15) is 32.8 Å². The number of nitrogens with one attached hydrogen (secondary N) is 3. The Labute approximate surface area is 165 Å². The van der Waals surface area contributed by atoms with Crippen LogP contribution in [0.15, 0.2) is 34.4 Å². The zero-order chi connectivity index (χ0) is 18.9. The Morgan fingerprint density at radius 1 is 1.42 bits per heavy atom. The highest BCUT2D eigenvalue weighted by Gasteiger charge is 2.17. The summed E-state index contributed by atoms with van der Waals surface area (Å²) in [6.45, 7) is 7.62. The number of hydrazone groups is 1. The molecule has 0 spiro atoms.